The first-order chi connectivity index (χ1) is 16.5. The monoisotopic (exact) mass is 477 g/mol. The second-order valence-electron chi connectivity index (χ2n) is 7.74. The van der Waals surface area contributed by atoms with Gasteiger partial charge in [0, 0.05) is 30.2 Å². The Hall–Kier alpha value is -3.70. The molecule has 1 aliphatic heterocycles. The Kier molecular flexibility index (Phi) is 5.80. The number of hydrogen-bond acceptors (Lipinski definition) is 9. The molecule has 0 bridgehead atoms. The summed E-state index contributed by atoms with van der Waals surface area (Å²) in [6.45, 7) is 0.922. The minimum absolute atomic E-state index is 0.212. The van der Waals surface area contributed by atoms with Gasteiger partial charge in [-0.2, -0.15) is 0 Å². The Balaban J connectivity index is 1.43. The molecule has 0 amide bonds. The predicted octanol–water partition coefficient (Wildman–Crippen LogP) is 4.88. The second-order valence-corrected chi connectivity index (χ2v) is 9.84. The van der Waals surface area contributed by atoms with Crippen LogP contribution in [0, 0.1) is 0 Å². The molecule has 0 spiro atoms. The molecule has 0 atom stereocenters. The SMILES string of the molecule is NCc1ccc(-c2cc(-c3nc(-c4ccc(S(O)(O)C5=COCC5)cc4)cnc3N)on2)cc1. The maximum atomic E-state index is 10.6. The van der Waals surface area contributed by atoms with Crippen LogP contribution >= 0.6 is 10.6 Å². The molecule has 0 aliphatic carbocycles. The summed E-state index contributed by atoms with van der Waals surface area (Å²) in [5, 5.41) is 4.14. The molecule has 6 N–H and O–H groups in total. The molecule has 174 valence electrons. The number of nitrogens with two attached hydrogens (primary N) is 2. The smallest absolute Gasteiger partial charge is 0.189 e. The van der Waals surface area contributed by atoms with Gasteiger partial charge < -0.3 is 20.7 Å². The molecular formula is C24H23N5O4S. The van der Waals surface area contributed by atoms with Crippen molar-refractivity contribution >= 4 is 16.4 Å². The van der Waals surface area contributed by atoms with Crippen molar-refractivity contribution in [3.63, 3.8) is 0 Å². The average molecular weight is 478 g/mol. The van der Waals surface area contributed by atoms with E-state index in [9.17, 15) is 9.11 Å². The molecule has 0 saturated heterocycles. The number of benzene rings is 2. The highest BCUT2D eigenvalue weighted by Crippen LogP contribution is 2.57. The Morgan fingerprint density at radius 3 is 2.35 bits per heavy atom. The van der Waals surface area contributed by atoms with Crippen LogP contribution in [-0.4, -0.2) is 30.8 Å². The number of nitrogens with zero attached hydrogens (tertiary/aromatic N) is 3. The van der Waals surface area contributed by atoms with Crippen LogP contribution in [0.4, 0.5) is 5.82 Å². The van der Waals surface area contributed by atoms with E-state index in [0.29, 0.717) is 52.2 Å². The molecule has 10 heteroatoms. The summed E-state index contributed by atoms with van der Waals surface area (Å²) < 4.78 is 31.9. The van der Waals surface area contributed by atoms with Gasteiger partial charge in [0.15, 0.2) is 17.3 Å². The molecule has 2 aromatic carbocycles. The Labute approximate surface area is 197 Å². The Morgan fingerprint density at radius 2 is 1.68 bits per heavy atom. The molecule has 5 rings (SSSR count). The van der Waals surface area contributed by atoms with Crippen LogP contribution < -0.4 is 11.5 Å². The van der Waals surface area contributed by atoms with Gasteiger partial charge in [0.1, 0.15) is 12.0 Å². The molecule has 3 heterocycles. The predicted molar refractivity (Wildman–Crippen MR) is 130 cm³/mol. The minimum Gasteiger partial charge on any atom is -0.499 e. The van der Waals surface area contributed by atoms with E-state index in [-0.39, 0.29) is 5.82 Å². The van der Waals surface area contributed by atoms with E-state index in [2.05, 4.69) is 15.1 Å². The third kappa shape index (κ3) is 4.15. The molecule has 0 fully saturated rings. The number of aromatic nitrogens is 3. The van der Waals surface area contributed by atoms with Crippen LogP contribution in [0.2, 0.25) is 0 Å². The molecule has 0 saturated carbocycles. The normalized spacial score (nSPS) is 14.0. The highest BCUT2D eigenvalue weighted by Gasteiger charge is 2.25. The van der Waals surface area contributed by atoms with Gasteiger partial charge in [-0.05, 0) is 17.7 Å². The standard InChI is InChI=1S/C24H23N5O4S/c25-12-15-1-3-16(4-2-15)20-11-22(33-29-20)23-24(26)27-13-21(28-23)17-5-7-18(8-6-17)34(30,31)19-9-10-32-14-19/h1-8,11,13-14,30-31H,9-10,12,25H2,(H2,26,27). The molecule has 0 unspecified atom stereocenters. The van der Waals surface area contributed by atoms with E-state index in [0.717, 1.165) is 16.7 Å². The van der Waals surface area contributed by atoms with Crippen molar-refractivity contribution in [1.82, 2.24) is 15.1 Å². The second kappa shape index (κ2) is 8.92. The molecule has 34 heavy (non-hydrogen) atoms. The highest BCUT2D eigenvalue weighted by molar-refractivity contribution is 8.27. The van der Waals surface area contributed by atoms with Crippen molar-refractivity contribution in [1.29, 1.82) is 0 Å². The van der Waals surface area contributed by atoms with Gasteiger partial charge in [0.05, 0.1) is 28.3 Å². The van der Waals surface area contributed by atoms with Crippen LogP contribution in [0.5, 0.6) is 0 Å². The lowest BCUT2D eigenvalue weighted by Gasteiger charge is -2.32. The summed E-state index contributed by atoms with van der Waals surface area (Å²) in [7, 11) is -3.07. The van der Waals surface area contributed by atoms with Crippen molar-refractivity contribution in [3.05, 3.63) is 77.5 Å². The van der Waals surface area contributed by atoms with Gasteiger partial charge in [-0.1, -0.05) is 41.6 Å². The third-order valence-corrected chi connectivity index (χ3v) is 7.52. The van der Waals surface area contributed by atoms with Crippen LogP contribution in [0.1, 0.15) is 12.0 Å². The van der Waals surface area contributed by atoms with Gasteiger partial charge in [-0.15, -0.1) is 10.6 Å². The fourth-order valence-corrected chi connectivity index (χ4v) is 4.99. The van der Waals surface area contributed by atoms with E-state index in [4.69, 9.17) is 20.7 Å². The van der Waals surface area contributed by atoms with Gasteiger partial charge in [0.25, 0.3) is 0 Å². The van der Waals surface area contributed by atoms with Crippen LogP contribution in [-0.2, 0) is 11.3 Å². The summed E-state index contributed by atoms with van der Waals surface area (Å²) >= 11 is 0. The summed E-state index contributed by atoms with van der Waals surface area (Å²) in [5.74, 6) is 0.604. The van der Waals surface area contributed by atoms with Crippen LogP contribution in [0.3, 0.4) is 0 Å². The fourth-order valence-electron chi connectivity index (χ4n) is 3.60. The van der Waals surface area contributed by atoms with E-state index in [1.807, 2.05) is 24.3 Å². The van der Waals surface area contributed by atoms with E-state index in [1.165, 1.54) is 6.26 Å². The number of rotatable bonds is 6. The summed E-state index contributed by atoms with van der Waals surface area (Å²) in [4.78, 5) is 9.80. The first-order valence-corrected chi connectivity index (χ1v) is 12.1. The fraction of sp³-hybridized carbons (Fsp3) is 0.125. The number of hydrogen-bond donors (Lipinski definition) is 4. The number of nitrogen functional groups attached to an aromatic ring is 1. The summed E-state index contributed by atoms with van der Waals surface area (Å²) in [5.41, 5.74) is 16.0. The zero-order valence-corrected chi connectivity index (χ0v) is 18.9. The lowest BCUT2D eigenvalue weighted by atomic mass is 10.1. The van der Waals surface area contributed by atoms with Gasteiger partial charge in [0.2, 0.25) is 0 Å². The largest absolute Gasteiger partial charge is 0.499 e. The first kappa shape index (κ1) is 22.1. The highest BCUT2D eigenvalue weighted by atomic mass is 32.3. The molecule has 2 aromatic heterocycles. The first-order valence-electron chi connectivity index (χ1n) is 10.5. The van der Waals surface area contributed by atoms with Crippen molar-refractivity contribution in [3.8, 4) is 34.0 Å². The summed E-state index contributed by atoms with van der Waals surface area (Å²) in [6.07, 6.45) is 3.48. The maximum Gasteiger partial charge on any atom is 0.189 e. The molecular weight excluding hydrogens is 454 g/mol. The van der Waals surface area contributed by atoms with Crippen molar-refractivity contribution in [2.24, 2.45) is 5.73 Å². The van der Waals surface area contributed by atoms with Gasteiger partial charge in [-0.25, -0.2) is 9.97 Å². The quantitative estimate of drug-likeness (QED) is 0.304. The van der Waals surface area contributed by atoms with E-state index >= 15 is 0 Å². The van der Waals surface area contributed by atoms with E-state index in [1.54, 1.807) is 36.5 Å². The van der Waals surface area contributed by atoms with Gasteiger partial charge in [-0.3, -0.25) is 9.11 Å². The topological polar surface area (TPSA) is 154 Å². The molecule has 4 aromatic rings. The third-order valence-electron chi connectivity index (χ3n) is 5.56. The lowest BCUT2D eigenvalue weighted by Crippen LogP contribution is -2.01. The number of anilines is 1. The summed E-state index contributed by atoms with van der Waals surface area (Å²) in [6, 6.07) is 16.3. The van der Waals surface area contributed by atoms with Crippen molar-refractivity contribution in [2.45, 2.75) is 17.9 Å². The maximum absolute atomic E-state index is 10.6. The van der Waals surface area contributed by atoms with Crippen molar-refractivity contribution in [2.75, 3.05) is 12.3 Å². The van der Waals surface area contributed by atoms with E-state index < -0.39 is 10.6 Å². The van der Waals surface area contributed by atoms with Gasteiger partial charge >= 0.3 is 0 Å². The lowest BCUT2D eigenvalue weighted by molar-refractivity contribution is 0.281. The van der Waals surface area contributed by atoms with Crippen LogP contribution in [0.25, 0.3) is 34.0 Å². The molecule has 0 radical (unpaired) electrons. The van der Waals surface area contributed by atoms with Crippen LogP contribution in [0.15, 0.2) is 81.4 Å². The average Bonchev–Trinajstić information content (AvgIpc) is 3.58. The Morgan fingerprint density at radius 1 is 0.971 bits per heavy atom. The number of ether oxygens (including phenoxy) is 1. The Bertz CT molecular complexity index is 1350. The molecule has 9 nitrogen and oxygen atoms in total. The molecule has 1 aliphatic rings. The zero-order chi connectivity index (χ0) is 23.7. The minimum atomic E-state index is -3.07. The van der Waals surface area contributed by atoms with Crippen molar-refractivity contribution < 1.29 is 18.4 Å². The zero-order valence-electron chi connectivity index (χ0n) is 18.1.